The molecule has 0 radical (unpaired) electrons. The summed E-state index contributed by atoms with van der Waals surface area (Å²) in [6.45, 7) is 4.49. The first-order valence-corrected chi connectivity index (χ1v) is 9.44. The van der Waals surface area contributed by atoms with Gasteiger partial charge >= 0.3 is 0 Å². The molecule has 0 atom stereocenters. The summed E-state index contributed by atoms with van der Waals surface area (Å²) in [6, 6.07) is 0. The highest BCUT2D eigenvalue weighted by atomic mass is 14.4. The van der Waals surface area contributed by atoms with Crippen molar-refractivity contribution in [2.45, 2.75) is 90.9 Å². The van der Waals surface area contributed by atoms with Gasteiger partial charge in [-0.2, -0.15) is 0 Å². The van der Waals surface area contributed by atoms with E-state index in [0.29, 0.717) is 0 Å². The highest BCUT2D eigenvalue weighted by Gasteiger charge is 2.30. The quantitative estimate of drug-likeness (QED) is 0.470. The molecule has 2 fully saturated rings. The third-order valence-corrected chi connectivity index (χ3v) is 6.12. The molecule has 2 rings (SSSR count). The normalized spacial score (nSPS) is 35.5. The SMILES string of the molecule is C/C=C/CC[C@H]1CC[C@H]([C@H]2CC[C@H](CCC)CC2)CC1. The molecule has 0 amide bonds. The Morgan fingerprint density at radius 1 is 0.750 bits per heavy atom. The van der Waals surface area contributed by atoms with Crippen molar-refractivity contribution < 1.29 is 0 Å². The Bertz CT molecular complexity index is 262. The molecule has 0 heterocycles. The second-order valence-electron chi connectivity index (χ2n) is 7.50. The van der Waals surface area contributed by atoms with E-state index in [1.807, 2.05) is 0 Å². The number of rotatable bonds is 6. The molecule has 0 aromatic heterocycles. The summed E-state index contributed by atoms with van der Waals surface area (Å²) >= 11 is 0. The lowest BCUT2D eigenvalue weighted by atomic mass is 9.68. The van der Waals surface area contributed by atoms with Gasteiger partial charge in [-0.1, -0.05) is 57.6 Å². The van der Waals surface area contributed by atoms with E-state index in [4.69, 9.17) is 0 Å². The topological polar surface area (TPSA) is 0 Å². The molecular formula is C20H36. The molecule has 0 spiro atoms. The van der Waals surface area contributed by atoms with Gasteiger partial charge in [0.15, 0.2) is 0 Å². The number of hydrogen-bond donors (Lipinski definition) is 0. The Morgan fingerprint density at radius 3 is 1.70 bits per heavy atom. The minimum Gasteiger partial charge on any atom is -0.0917 e. The molecule has 0 aromatic carbocycles. The van der Waals surface area contributed by atoms with Crippen LogP contribution in [0.5, 0.6) is 0 Å². The lowest BCUT2D eigenvalue weighted by Crippen LogP contribution is -2.25. The largest absolute Gasteiger partial charge is 0.0917 e. The fraction of sp³-hybridized carbons (Fsp3) is 0.900. The average molecular weight is 277 g/mol. The molecule has 0 saturated heterocycles. The van der Waals surface area contributed by atoms with E-state index >= 15 is 0 Å². The molecule has 0 N–H and O–H groups in total. The standard InChI is InChI=1S/C20H36/c1-3-5-6-8-18-11-15-20(16-12-18)19-13-9-17(7-4-2)10-14-19/h3,5,17-20H,4,6-16H2,1-2H3/b5-3+/t17-,18-,19-,20-. The van der Waals surface area contributed by atoms with Gasteiger partial charge in [0.05, 0.1) is 0 Å². The summed E-state index contributed by atoms with van der Waals surface area (Å²) in [5.41, 5.74) is 0. The van der Waals surface area contributed by atoms with Crippen LogP contribution in [0.25, 0.3) is 0 Å². The summed E-state index contributed by atoms with van der Waals surface area (Å²) in [5, 5.41) is 0. The molecule has 2 aliphatic rings. The number of hydrogen-bond acceptors (Lipinski definition) is 0. The molecule has 0 nitrogen and oxygen atoms in total. The summed E-state index contributed by atoms with van der Waals surface area (Å²) < 4.78 is 0. The van der Waals surface area contributed by atoms with Crippen molar-refractivity contribution in [2.24, 2.45) is 23.7 Å². The van der Waals surface area contributed by atoms with Crippen LogP contribution in [0, 0.1) is 23.7 Å². The minimum absolute atomic E-state index is 1.04. The van der Waals surface area contributed by atoms with Crippen LogP contribution in [0.15, 0.2) is 12.2 Å². The Hall–Kier alpha value is -0.260. The second kappa shape index (κ2) is 8.90. The zero-order valence-electron chi connectivity index (χ0n) is 13.9. The summed E-state index contributed by atoms with van der Waals surface area (Å²) in [4.78, 5) is 0. The van der Waals surface area contributed by atoms with Crippen LogP contribution >= 0.6 is 0 Å². The third-order valence-electron chi connectivity index (χ3n) is 6.12. The average Bonchev–Trinajstić information content (AvgIpc) is 2.49. The van der Waals surface area contributed by atoms with Crippen molar-refractivity contribution >= 4 is 0 Å². The van der Waals surface area contributed by atoms with Gasteiger partial charge in [0, 0.05) is 0 Å². The fourth-order valence-corrected chi connectivity index (χ4v) is 4.80. The molecule has 0 bridgehead atoms. The summed E-state index contributed by atoms with van der Waals surface area (Å²) in [7, 11) is 0. The van der Waals surface area contributed by atoms with Crippen LogP contribution in [-0.2, 0) is 0 Å². The Balaban J connectivity index is 1.64. The predicted molar refractivity (Wildman–Crippen MR) is 89.9 cm³/mol. The maximum absolute atomic E-state index is 2.35. The van der Waals surface area contributed by atoms with Crippen molar-refractivity contribution in [2.75, 3.05) is 0 Å². The summed E-state index contributed by atoms with van der Waals surface area (Å²) in [6.07, 6.45) is 22.5. The van der Waals surface area contributed by atoms with Gasteiger partial charge in [-0.05, 0) is 69.1 Å². The Morgan fingerprint density at radius 2 is 1.25 bits per heavy atom. The molecule has 0 aliphatic heterocycles. The smallest absolute Gasteiger partial charge is 0.0348 e. The molecule has 0 heteroatoms. The van der Waals surface area contributed by atoms with Crippen LogP contribution in [0.2, 0.25) is 0 Å². The van der Waals surface area contributed by atoms with Crippen molar-refractivity contribution in [3.63, 3.8) is 0 Å². The van der Waals surface area contributed by atoms with Gasteiger partial charge < -0.3 is 0 Å². The molecule has 2 saturated carbocycles. The van der Waals surface area contributed by atoms with E-state index in [0.717, 1.165) is 23.7 Å². The van der Waals surface area contributed by atoms with Gasteiger partial charge in [-0.3, -0.25) is 0 Å². The van der Waals surface area contributed by atoms with Gasteiger partial charge in [0.25, 0.3) is 0 Å². The van der Waals surface area contributed by atoms with Gasteiger partial charge in [0.1, 0.15) is 0 Å². The van der Waals surface area contributed by atoms with Gasteiger partial charge in [-0.25, -0.2) is 0 Å². The number of allylic oxidation sites excluding steroid dienone is 2. The molecule has 0 aromatic rings. The van der Waals surface area contributed by atoms with E-state index in [1.165, 1.54) is 38.5 Å². The van der Waals surface area contributed by atoms with Gasteiger partial charge in [-0.15, -0.1) is 0 Å². The molecule has 2 aliphatic carbocycles. The van der Waals surface area contributed by atoms with E-state index in [2.05, 4.69) is 26.0 Å². The van der Waals surface area contributed by atoms with Crippen molar-refractivity contribution in [1.29, 1.82) is 0 Å². The van der Waals surface area contributed by atoms with E-state index in [-0.39, 0.29) is 0 Å². The monoisotopic (exact) mass is 276 g/mol. The lowest BCUT2D eigenvalue weighted by Gasteiger charge is -2.38. The molecule has 0 unspecified atom stereocenters. The van der Waals surface area contributed by atoms with E-state index < -0.39 is 0 Å². The minimum atomic E-state index is 1.04. The lowest BCUT2D eigenvalue weighted by molar-refractivity contribution is 0.141. The van der Waals surface area contributed by atoms with Crippen molar-refractivity contribution in [3.8, 4) is 0 Å². The molecule has 20 heavy (non-hydrogen) atoms. The first-order chi connectivity index (χ1) is 9.83. The third kappa shape index (κ3) is 4.93. The van der Waals surface area contributed by atoms with E-state index in [9.17, 15) is 0 Å². The van der Waals surface area contributed by atoms with Gasteiger partial charge in [0.2, 0.25) is 0 Å². The van der Waals surface area contributed by atoms with Crippen LogP contribution in [-0.4, -0.2) is 0 Å². The zero-order chi connectivity index (χ0) is 14.2. The van der Waals surface area contributed by atoms with Crippen LogP contribution in [0.3, 0.4) is 0 Å². The van der Waals surface area contributed by atoms with Crippen LogP contribution in [0.4, 0.5) is 0 Å². The Kier molecular flexibility index (Phi) is 7.17. The highest BCUT2D eigenvalue weighted by Crippen LogP contribution is 2.42. The second-order valence-corrected chi connectivity index (χ2v) is 7.50. The first-order valence-electron chi connectivity index (χ1n) is 9.44. The zero-order valence-corrected chi connectivity index (χ0v) is 13.9. The maximum Gasteiger partial charge on any atom is -0.0348 e. The fourth-order valence-electron chi connectivity index (χ4n) is 4.80. The van der Waals surface area contributed by atoms with Crippen LogP contribution < -0.4 is 0 Å². The van der Waals surface area contributed by atoms with Crippen molar-refractivity contribution in [3.05, 3.63) is 12.2 Å². The molecule has 116 valence electrons. The maximum atomic E-state index is 2.35. The van der Waals surface area contributed by atoms with Crippen molar-refractivity contribution in [1.82, 2.24) is 0 Å². The summed E-state index contributed by atoms with van der Waals surface area (Å²) in [5.74, 6) is 4.31. The molecular weight excluding hydrogens is 240 g/mol. The first kappa shape index (κ1) is 16.1. The Labute approximate surface area is 127 Å². The predicted octanol–water partition coefficient (Wildman–Crippen LogP) is 6.76. The van der Waals surface area contributed by atoms with Crippen LogP contribution in [0.1, 0.15) is 90.9 Å². The van der Waals surface area contributed by atoms with E-state index in [1.54, 1.807) is 38.5 Å². The highest BCUT2D eigenvalue weighted by molar-refractivity contribution is 4.84.